The van der Waals surface area contributed by atoms with Gasteiger partial charge in [-0.15, -0.1) is 0 Å². The number of anilines is 1. The number of methoxy groups -OCH3 is 1. The topological polar surface area (TPSA) is 110 Å². The van der Waals surface area contributed by atoms with Crippen LogP contribution in [0, 0.1) is 5.82 Å². The molecule has 3 rings (SSSR count). The van der Waals surface area contributed by atoms with Crippen molar-refractivity contribution >= 4 is 21.6 Å². The first-order chi connectivity index (χ1) is 14.3. The number of aromatic nitrogens is 2. The number of hydrogen-bond donors (Lipinski definition) is 2. The van der Waals surface area contributed by atoms with E-state index < -0.39 is 21.6 Å². The molecule has 0 radical (unpaired) electrons. The summed E-state index contributed by atoms with van der Waals surface area (Å²) in [7, 11) is -1.87. The number of nitrogens with zero attached hydrogens (tertiary/aromatic N) is 2. The maximum Gasteiger partial charge on any atom is 0.256 e. The molecular formula is C20H23FN4O4S. The molecule has 1 aromatic carbocycles. The maximum absolute atomic E-state index is 13.9. The number of carbonyl (C=O) groups is 1. The zero-order chi connectivity index (χ0) is 21.7. The largest absolute Gasteiger partial charge is 0.493 e. The highest BCUT2D eigenvalue weighted by Gasteiger charge is 2.28. The number of ether oxygens (including phenoxy) is 1. The van der Waals surface area contributed by atoms with Crippen molar-refractivity contribution in [3.05, 3.63) is 58.6 Å². The summed E-state index contributed by atoms with van der Waals surface area (Å²) in [6.07, 6.45) is 5.86. The number of nitrogens with one attached hydrogen (secondary N) is 2. The molecule has 30 heavy (non-hydrogen) atoms. The summed E-state index contributed by atoms with van der Waals surface area (Å²) in [5.74, 6) is 0.445. The normalized spacial score (nSPS) is 14.0. The van der Waals surface area contributed by atoms with Crippen LogP contribution < -0.4 is 15.4 Å². The summed E-state index contributed by atoms with van der Waals surface area (Å²) in [6.45, 7) is 0.226. The van der Waals surface area contributed by atoms with E-state index in [2.05, 4.69) is 20.6 Å². The molecule has 1 aromatic heterocycles. The molecule has 0 bridgehead atoms. The van der Waals surface area contributed by atoms with E-state index in [0.29, 0.717) is 17.2 Å². The minimum absolute atomic E-state index is 0.0352. The van der Waals surface area contributed by atoms with Gasteiger partial charge < -0.3 is 15.4 Å². The standard InChI is InChI=1S/C20H23FN4O4S/c1-29-17-14(5-3-6-16(17)21)11-23-19-15(12-24-18(25-19)13-7-8-13)20(26)22-9-4-10-30(2,27)28/h3-6,10,12-13H,7-9,11H2,1-2H3,(H,22,26)(H,23,24,25)/b10-4+. The van der Waals surface area contributed by atoms with Crippen molar-refractivity contribution in [1.82, 2.24) is 15.3 Å². The number of carbonyl (C=O) groups excluding carboxylic acids is 1. The quantitative estimate of drug-likeness (QED) is 0.624. The van der Waals surface area contributed by atoms with Gasteiger partial charge in [0.1, 0.15) is 17.2 Å². The van der Waals surface area contributed by atoms with Crippen molar-refractivity contribution in [3.63, 3.8) is 0 Å². The molecule has 0 saturated heterocycles. The van der Waals surface area contributed by atoms with Crippen LogP contribution in [0.1, 0.15) is 40.5 Å². The SMILES string of the molecule is COc1c(F)cccc1CNc1nc(C2CC2)ncc1C(=O)NC/C=C/S(C)(=O)=O. The average molecular weight is 434 g/mol. The molecule has 1 amide bonds. The molecule has 0 aliphatic heterocycles. The number of sulfone groups is 1. The first-order valence-electron chi connectivity index (χ1n) is 9.35. The van der Waals surface area contributed by atoms with Crippen LogP contribution in [-0.2, 0) is 16.4 Å². The average Bonchev–Trinajstić information content (AvgIpc) is 3.54. The van der Waals surface area contributed by atoms with Crippen LogP contribution in [0.4, 0.5) is 10.2 Å². The minimum Gasteiger partial charge on any atom is -0.493 e. The Balaban J connectivity index is 1.78. The third-order valence-corrected chi connectivity index (χ3v) is 5.10. The third kappa shape index (κ3) is 5.76. The molecule has 2 aromatic rings. The second kappa shape index (κ2) is 9.21. The lowest BCUT2D eigenvalue weighted by atomic mass is 10.2. The molecular weight excluding hydrogens is 411 g/mol. The van der Waals surface area contributed by atoms with E-state index in [1.165, 1.54) is 25.4 Å². The van der Waals surface area contributed by atoms with Crippen molar-refractivity contribution in [1.29, 1.82) is 0 Å². The van der Waals surface area contributed by atoms with Gasteiger partial charge in [0.2, 0.25) is 0 Å². The van der Waals surface area contributed by atoms with Gasteiger partial charge in [-0.05, 0) is 18.9 Å². The van der Waals surface area contributed by atoms with Crippen LogP contribution in [0.2, 0.25) is 0 Å². The van der Waals surface area contributed by atoms with Crippen molar-refractivity contribution in [3.8, 4) is 5.75 Å². The second-order valence-corrected chi connectivity index (χ2v) is 8.89. The van der Waals surface area contributed by atoms with Crippen LogP contribution in [0.3, 0.4) is 0 Å². The summed E-state index contributed by atoms with van der Waals surface area (Å²) in [4.78, 5) is 21.3. The van der Waals surface area contributed by atoms with E-state index >= 15 is 0 Å². The fraction of sp³-hybridized carbons (Fsp3) is 0.350. The highest BCUT2D eigenvalue weighted by molar-refractivity contribution is 7.93. The Morgan fingerprint density at radius 2 is 2.13 bits per heavy atom. The Labute approximate surface area is 174 Å². The van der Waals surface area contributed by atoms with Crippen molar-refractivity contribution in [2.45, 2.75) is 25.3 Å². The Hall–Kier alpha value is -3.01. The number of benzene rings is 1. The number of hydrogen-bond acceptors (Lipinski definition) is 7. The smallest absolute Gasteiger partial charge is 0.256 e. The summed E-state index contributed by atoms with van der Waals surface area (Å²) < 4.78 is 41.3. The highest BCUT2D eigenvalue weighted by atomic mass is 32.2. The van der Waals surface area contributed by atoms with Gasteiger partial charge in [-0.25, -0.2) is 22.8 Å². The van der Waals surface area contributed by atoms with Crippen molar-refractivity contribution in [2.24, 2.45) is 0 Å². The summed E-state index contributed by atoms with van der Waals surface area (Å²) in [5.41, 5.74) is 0.786. The molecule has 1 aliphatic carbocycles. The molecule has 160 valence electrons. The zero-order valence-corrected chi connectivity index (χ0v) is 17.5. The molecule has 1 saturated carbocycles. The first-order valence-corrected chi connectivity index (χ1v) is 11.3. The first kappa shape index (κ1) is 21.7. The molecule has 8 nitrogen and oxygen atoms in total. The molecule has 2 N–H and O–H groups in total. The van der Waals surface area contributed by atoms with Gasteiger partial charge in [-0.3, -0.25) is 4.79 Å². The van der Waals surface area contributed by atoms with Gasteiger partial charge in [0.25, 0.3) is 5.91 Å². The predicted molar refractivity (Wildman–Crippen MR) is 111 cm³/mol. The van der Waals surface area contributed by atoms with E-state index in [-0.39, 0.29) is 30.3 Å². The Bertz CT molecular complexity index is 1070. The fourth-order valence-electron chi connectivity index (χ4n) is 2.80. The molecule has 1 fully saturated rings. The molecule has 0 atom stereocenters. The van der Waals surface area contributed by atoms with Crippen LogP contribution >= 0.6 is 0 Å². The second-order valence-electron chi connectivity index (χ2n) is 6.96. The Morgan fingerprint density at radius 1 is 1.37 bits per heavy atom. The lowest BCUT2D eigenvalue weighted by molar-refractivity contribution is 0.0958. The van der Waals surface area contributed by atoms with Gasteiger partial charge in [0.15, 0.2) is 21.4 Å². The fourth-order valence-corrected chi connectivity index (χ4v) is 3.25. The van der Waals surface area contributed by atoms with Crippen molar-refractivity contribution < 1.29 is 22.3 Å². The number of halogens is 1. The van der Waals surface area contributed by atoms with E-state index in [0.717, 1.165) is 24.5 Å². The molecule has 0 spiro atoms. The van der Waals surface area contributed by atoms with E-state index in [4.69, 9.17) is 4.74 Å². The summed E-state index contributed by atoms with van der Waals surface area (Å²) >= 11 is 0. The summed E-state index contributed by atoms with van der Waals surface area (Å²) in [6, 6.07) is 4.60. The van der Waals surface area contributed by atoms with Crippen LogP contribution in [0.15, 0.2) is 35.9 Å². The lowest BCUT2D eigenvalue weighted by Gasteiger charge is -2.14. The van der Waals surface area contributed by atoms with Crippen LogP contribution in [0.5, 0.6) is 5.75 Å². The third-order valence-electron chi connectivity index (χ3n) is 4.42. The maximum atomic E-state index is 13.9. The van der Waals surface area contributed by atoms with Gasteiger partial charge >= 0.3 is 0 Å². The zero-order valence-electron chi connectivity index (χ0n) is 16.7. The van der Waals surface area contributed by atoms with Crippen LogP contribution in [0.25, 0.3) is 0 Å². The van der Waals surface area contributed by atoms with Gasteiger partial charge in [-0.1, -0.05) is 18.2 Å². The number of amides is 1. The number of rotatable bonds is 9. The molecule has 10 heteroatoms. The highest BCUT2D eigenvalue weighted by Crippen LogP contribution is 2.38. The molecule has 1 aliphatic rings. The van der Waals surface area contributed by atoms with E-state index in [9.17, 15) is 17.6 Å². The van der Waals surface area contributed by atoms with Gasteiger partial charge in [-0.2, -0.15) is 0 Å². The van der Waals surface area contributed by atoms with Crippen molar-refractivity contribution in [2.75, 3.05) is 25.2 Å². The number of para-hydroxylation sites is 1. The lowest BCUT2D eigenvalue weighted by Crippen LogP contribution is -2.25. The monoisotopic (exact) mass is 434 g/mol. The van der Waals surface area contributed by atoms with Gasteiger partial charge in [0, 0.05) is 42.4 Å². The van der Waals surface area contributed by atoms with Crippen LogP contribution in [-0.4, -0.2) is 44.2 Å². The van der Waals surface area contributed by atoms with E-state index in [1.54, 1.807) is 12.1 Å². The molecule has 1 heterocycles. The summed E-state index contributed by atoms with van der Waals surface area (Å²) in [5, 5.41) is 6.71. The molecule has 0 unspecified atom stereocenters. The Kier molecular flexibility index (Phi) is 6.66. The van der Waals surface area contributed by atoms with Gasteiger partial charge in [0.05, 0.1) is 7.11 Å². The Morgan fingerprint density at radius 3 is 2.80 bits per heavy atom. The minimum atomic E-state index is -3.26. The predicted octanol–water partition coefficient (Wildman–Crippen LogP) is 2.40. The van der Waals surface area contributed by atoms with E-state index in [1.807, 2.05) is 0 Å².